The van der Waals surface area contributed by atoms with Crippen LogP contribution in [0.2, 0.25) is 0 Å². The number of aromatic carboxylic acids is 1. The number of pyridine rings is 1. The van der Waals surface area contributed by atoms with Crippen molar-refractivity contribution in [3.05, 3.63) is 47.5 Å². The third kappa shape index (κ3) is 3.58. The van der Waals surface area contributed by atoms with E-state index in [1.807, 2.05) is 13.0 Å². The molecule has 2 aromatic rings. The number of carboxylic acid groups (broad SMARTS) is 1. The Balaban J connectivity index is 2.16. The summed E-state index contributed by atoms with van der Waals surface area (Å²) >= 11 is 0. The molecule has 0 aromatic carbocycles. The van der Waals surface area contributed by atoms with Gasteiger partial charge in [0.25, 0.3) is 0 Å². The number of anilines is 1. The van der Waals surface area contributed by atoms with Crippen LogP contribution in [0.4, 0.5) is 5.82 Å². The fourth-order valence-corrected chi connectivity index (χ4v) is 1.77. The molecule has 2 N–H and O–H groups in total. The van der Waals surface area contributed by atoms with Crippen LogP contribution in [-0.4, -0.2) is 16.1 Å². The van der Waals surface area contributed by atoms with Crippen LogP contribution in [0, 0.1) is 0 Å². The number of hydrogen-bond acceptors (Lipinski definition) is 4. The fourth-order valence-electron chi connectivity index (χ4n) is 1.77. The van der Waals surface area contributed by atoms with Gasteiger partial charge in [-0.1, -0.05) is 13.3 Å². The molecule has 100 valence electrons. The minimum atomic E-state index is -0.939. The van der Waals surface area contributed by atoms with Gasteiger partial charge in [-0.25, -0.2) is 9.78 Å². The first-order valence-corrected chi connectivity index (χ1v) is 6.18. The zero-order chi connectivity index (χ0) is 13.7. The molecular formula is C14H16N2O3. The number of nitrogens with zero attached hydrogens (tertiary/aromatic N) is 1. The summed E-state index contributed by atoms with van der Waals surface area (Å²) in [6.45, 7) is 2.59. The van der Waals surface area contributed by atoms with Crippen LogP contribution in [0.3, 0.4) is 0 Å². The summed E-state index contributed by atoms with van der Waals surface area (Å²) in [5, 5.41) is 12.2. The molecule has 0 unspecified atom stereocenters. The predicted octanol–water partition coefficient (Wildman–Crippen LogP) is 2.94. The van der Waals surface area contributed by atoms with E-state index in [9.17, 15) is 4.79 Å². The van der Waals surface area contributed by atoms with Crippen LogP contribution in [-0.2, 0) is 13.0 Å². The Bertz CT molecular complexity index is 550. The second kappa shape index (κ2) is 6.04. The van der Waals surface area contributed by atoms with Crippen molar-refractivity contribution in [2.75, 3.05) is 5.32 Å². The van der Waals surface area contributed by atoms with Gasteiger partial charge in [0.15, 0.2) is 0 Å². The van der Waals surface area contributed by atoms with E-state index in [1.54, 1.807) is 24.7 Å². The lowest BCUT2D eigenvalue weighted by Gasteiger charge is -2.08. The normalized spacial score (nSPS) is 10.4. The minimum Gasteiger partial charge on any atom is -0.478 e. The molecule has 2 heterocycles. The highest BCUT2D eigenvalue weighted by molar-refractivity contribution is 5.88. The second-order valence-corrected chi connectivity index (χ2v) is 4.27. The molecule has 0 aliphatic rings. The van der Waals surface area contributed by atoms with Crippen LogP contribution in [0.5, 0.6) is 0 Å². The van der Waals surface area contributed by atoms with Gasteiger partial charge in [0.2, 0.25) is 0 Å². The Morgan fingerprint density at radius 1 is 1.47 bits per heavy atom. The monoisotopic (exact) mass is 260 g/mol. The number of carbonyl (C=O) groups is 1. The maximum absolute atomic E-state index is 11.1. The summed E-state index contributed by atoms with van der Waals surface area (Å²) in [7, 11) is 0. The molecule has 19 heavy (non-hydrogen) atoms. The van der Waals surface area contributed by atoms with Gasteiger partial charge >= 0.3 is 5.97 Å². The van der Waals surface area contributed by atoms with Crippen LogP contribution >= 0.6 is 0 Å². The lowest BCUT2D eigenvalue weighted by atomic mass is 10.1. The van der Waals surface area contributed by atoms with Gasteiger partial charge in [-0.05, 0) is 24.6 Å². The SMILES string of the molecule is CCCc1cc(C(=O)O)cc(NCc2ccoc2)n1. The third-order valence-corrected chi connectivity index (χ3v) is 2.69. The fraction of sp³-hybridized carbons (Fsp3) is 0.286. The highest BCUT2D eigenvalue weighted by Gasteiger charge is 2.08. The van der Waals surface area contributed by atoms with Crippen molar-refractivity contribution in [1.82, 2.24) is 4.98 Å². The summed E-state index contributed by atoms with van der Waals surface area (Å²) in [6.07, 6.45) is 4.93. The van der Waals surface area contributed by atoms with E-state index in [-0.39, 0.29) is 5.56 Å². The summed E-state index contributed by atoms with van der Waals surface area (Å²) in [4.78, 5) is 15.5. The zero-order valence-electron chi connectivity index (χ0n) is 10.7. The van der Waals surface area contributed by atoms with E-state index >= 15 is 0 Å². The molecule has 0 saturated carbocycles. The first-order valence-electron chi connectivity index (χ1n) is 6.18. The van der Waals surface area contributed by atoms with E-state index in [0.29, 0.717) is 12.4 Å². The number of nitrogens with one attached hydrogen (secondary N) is 1. The average molecular weight is 260 g/mol. The summed E-state index contributed by atoms with van der Waals surface area (Å²) < 4.78 is 4.97. The number of aromatic nitrogens is 1. The molecule has 0 fully saturated rings. The number of aryl methyl sites for hydroxylation is 1. The van der Waals surface area contributed by atoms with Crippen LogP contribution in [0.25, 0.3) is 0 Å². The average Bonchev–Trinajstić information content (AvgIpc) is 2.89. The predicted molar refractivity (Wildman–Crippen MR) is 71.2 cm³/mol. The summed E-state index contributed by atoms with van der Waals surface area (Å²) in [6, 6.07) is 5.01. The van der Waals surface area contributed by atoms with E-state index in [4.69, 9.17) is 9.52 Å². The van der Waals surface area contributed by atoms with Gasteiger partial charge < -0.3 is 14.8 Å². The van der Waals surface area contributed by atoms with Crippen molar-refractivity contribution in [1.29, 1.82) is 0 Å². The highest BCUT2D eigenvalue weighted by atomic mass is 16.4. The van der Waals surface area contributed by atoms with Gasteiger partial charge in [-0.3, -0.25) is 0 Å². The van der Waals surface area contributed by atoms with Crippen LogP contribution in [0.1, 0.15) is 35.0 Å². The largest absolute Gasteiger partial charge is 0.478 e. The molecule has 0 aliphatic carbocycles. The molecule has 0 amide bonds. The zero-order valence-corrected chi connectivity index (χ0v) is 10.7. The number of carboxylic acids is 1. The molecule has 5 nitrogen and oxygen atoms in total. The van der Waals surface area contributed by atoms with Gasteiger partial charge in [0.1, 0.15) is 5.82 Å². The second-order valence-electron chi connectivity index (χ2n) is 4.27. The Kier molecular flexibility index (Phi) is 4.18. The maximum atomic E-state index is 11.1. The van der Waals surface area contributed by atoms with Crippen molar-refractivity contribution < 1.29 is 14.3 Å². The van der Waals surface area contributed by atoms with E-state index in [2.05, 4.69) is 10.3 Å². The lowest BCUT2D eigenvalue weighted by molar-refractivity contribution is 0.0696. The molecule has 0 bridgehead atoms. The Morgan fingerprint density at radius 3 is 2.95 bits per heavy atom. The summed E-state index contributed by atoms with van der Waals surface area (Å²) in [5.41, 5.74) is 2.03. The van der Waals surface area contributed by atoms with Crippen LogP contribution in [0.15, 0.2) is 35.1 Å². The number of furan rings is 1. The number of hydrogen-bond donors (Lipinski definition) is 2. The van der Waals surface area contributed by atoms with Crippen molar-refractivity contribution in [2.24, 2.45) is 0 Å². The van der Waals surface area contributed by atoms with Gasteiger partial charge in [0.05, 0.1) is 18.1 Å². The molecule has 0 saturated heterocycles. The topological polar surface area (TPSA) is 75.4 Å². The Labute approximate surface area is 111 Å². The minimum absolute atomic E-state index is 0.258. The highest BCUT2D eigenvalue weighted by Crippen LogP contribution is 2.13. The van der Waals surface area contributed by atoms with Crippen molar-refractivity contribution in [2.45, 2.75) is 26.3 Å². The van der Waals surface area contributed by atoms with Crippen LogP contribution < -0.4 is 5.32 Å². The van der Waals surface area contributed by atoms with Crippen molar-refractivity contribution in [3.8, 4) is 0 Å². The maximum Gasteiger partial charge on any atom is 0.335 e. The Hall–Kier alpha value is -2.30. The van der Waals surface area contributed by atoms with Gasteiger partial charge in [0, 0.05) is 17.8 Å². The van der Waals surface area contributed by atoms with Crippen molar-refractivity contribution >= 4 is 11.8 Å². The molecule has 0 aliphatic heterocycles. The first-order chi connectivity index (χ1) is 9.19. The molecule has 5 heteroatoms. The van der Waals surface area contributed by atoms with E-state index < -0.39 is 5.97 Å². The molecule has 0 spiro atoms. The molecule has 2 aromatic heterocycles. The Morgan fingerprint density at radius 2 is 2.32 bits per heavy atom. The van der Waals surface area contributed by atoms with E-state index in [1.165, 1.54) is 0 Å². The van der Waals surface area contributed by atoms with E-state index in [0.717, 1.165) is 24.1 Å². The third-order valence-electron chi connectivity index (χ3n) is 2.69. The summed E-state index contributed by atoms with van der Waals surface area (Å²) in [5.74, 6) is -0.365. The van der Waals surface area contributed by atoms with Gasteiger partial charge in [-0.15, -0.1) is 0 Å². The molecule has 2 rings (SSSR count). The lowest BCUT2D eigenvalue weighted by Crippen LogP contribution is -2.06. The smallest absolute Gasteiger partial charge is 0.335 e. The molecule has 0 atom stereocenters. The number of rotatable bonds is 6. The first kappa shape index (κ1) is 13.1. The van der Waals surface area contributed by atoms with Gasteiger partial charge in [-0.2, -0.15) is 0 Å². The molecular weight excluding hydrogens is 244 g/mol. The standard InChI is InChI=1S/C14H16N2O3/c1-2-3-12-6-11(14(17)18)7-13(16-12)15-8-10-4-5-19-9-10/h4-7,9H,2-3,8H2,1H3,(H,15,16)(H,17,18). The quantitative estimate of drug-likeness (QED) is 0.835. The molecule has 0 radical (unpaired) electrons. The van der Waals surface area contributed by atoms with Crippen molar-refractivity contribution in [3.63, 3.8) is 0 Å².